The minimum Gasteiger partial charge on any atom is -0.348 e. The van der Waals surface area contributed by atoms with E-state index in [0.29, 0.717) is 6.54 Å². The van der Waals surface area contributed by atoms with Crippen molar-refractivity contribution in [3.8, 4) is 0 Å². The Bertz CT molecular complexity index is 609. The standard InChI is InChI=1S/C15H12ClFN2O/c16-13-4-1-5-14(17)12(13)6-7-15(20)19-10-11-3-2-8-18-9-11/h1-9H,10H2,(H,19,20). The van der Waals surface area contributed by atoms with Gasteiger partial charge in [-0.2, -0.15) is 0 Å². The molecule has 1 amide bonds. The van der Waals surface area contributed by atoms with Crippen molar-refractivity contribution in [1.82, 2.24) is 10.3 Å². The van der Waals surface area contributed by atoms with Crippen molar-refractivity contribution in [2.24, 2.45) is 0 Å². The van der Waals surface area contributed by atoms with E-state index in [-0.39, 0.29) is 16.5 Å². The maximum absolute atomic E-state index is 13.5. The van der Waals surface area contributed by atoms with Gasteiger partial charge in [-0.1, -0.05) is 23.7 Å². The molecule has 1 N–H and O–H groups in total. The van der Waals surface area contributed by atoms with Crippen LogP contribution in [0.2, 0.25) is 5.02 Å². The Morgan fingerprint density at radius 1 is 1.35 bits per heavy atom. The number of aromatic nitrogens is 1. The number of hydrogen-bond donors (Lipinski definition) is 1. The number of pyridine rings is 1. The first-order chi connectivity index (χ1) is 9.66. The molecule has 0 atom stereocenters. The van der Waals surface area contributed by atoms with Crippen molar-refractivity contribution in [3.63, 3.8) is 0 Å². The van der Waals surface area contributed by atoms with Crippen LogP contribution in [0.5, 0.6) is 0 Å². The minimum absolute atomic E-state index is 0.200. The number of carbonyl (C=O) groups is 1. The Morgan fingerprint density at radius 2 is 2.20 bits per heavy atom. The Kier molecular flexibility index (Phi) is 4.85. The number of hydrogen-bond acceptors (Lipinski definition) is 2. The molecule has 0 spiro atoms. The lowest BCUT2D eigenvalue weighted by molar-refractivity contribution is -0.116. The molecule has 2 aromatic rings. The maximum atomic E-state index is 13.5. The number of nitrogens with zero attached hydrogens (tertiary/aromatic N) is 1. The topological polar surface area (TPSA) is 42.0 Å². The lowest BCUT2D eigenvalue weighted by Gasteiger charge is -2.02. The van der Waals surface area contributed by atoms with Gasteiger partial charge >= 0.3 is 0 Å². The number of carbonyl (C=O) groups excluding carboxylic acids is 1. The summed E-state index contributed by atoms with van der Waals surface area (Å²) >= 11 is 5.85. The monoisotopic (exact) mass is 290 g/mol. The largest absolute Gasteiger partial charge is 0.348 e. The summed E-state index contributed by atoms with van der Waals surface area (Å²) in [4.78, 5) is 15.6. The Morgan fingerprint density at radius 3 is 2.90 bits per heavy atom. The number of benzene rings is 1. The Balaban J connectivity index is 1.96. The van der Waals surface area contributed by atoms with Crippen LogP contribution in [0.4, 0.5) is 4.39 Å². The summed E-state index contributed by atoms with van der Waals surface area (Å²) in [5.41, 5.74) is 1.09. The van der Waals surface area contributed by atoms with Crippen LogP contribution in [0.25, 0.3) is 6.08 Å². The quantitative estimate of drug-likeness (QED) is 0.879. The van der Waals surface area contributed by atoms with Crippen molar-refractivity contribution in [2.45, 2.75) is 6.54 Å². The molecule has 2 rings (SSSR count). The number of amides is 1. The third-order valence-corrected chi connectivity index (χ3v) is 2.92. The number of nitrogens with one attached hydrogen (secondary N) is 1. The summed E-state index contributed by atoms with van der Waals surface area (Å²) in [5, 5.41) is 2.94. The van der Waals surface area contributed by atoms with Gasteiger partial charge in [-0.15, -0.1) is 0 Å². The van der Waals surface area contributed by atoms with Gasteiger partial charge < -0.3 is 5.32 Å². The molecule has 0 saturated heterocycles. The van der Waals surface area contributed by atoms with E-state index in [1.807, 2.05) is 6.07 Å². The van der Waals surface area contributed by atoms with Crippen LogP contribution in [0.1, 0.15) is 11.1 Å². The molecule has 0 aliphatic heterocycles. The van der Waals surface area contributed by atoms with Gasteiger partial charge in [-0.3, -0.25) is 9.78 Å². The summed E-state index contributed by atoms with van der Waals surface area (Å²) in [5.74, 6) is -0.790. The lowest BCUT2D eigenvalue weighted by Crippen LogP contribution is -2.20. The van der Waals surface area contributed by atoms with E-state index in [9.17, 15) is 9.18 Å². The minimum atomic E-state index is -0.464. The van der Waals surface area contributed by atoms with E-state index < -0.39 is 5.82 Å². The van der Waals surface area contributed by atoms with Crippen LogP contribution in [0.3, 0.4) is 0 Å². The second-order valence-corrected chi connectivity index (χ2v) is 4.45. The van der Waals surface area contributed by atoms with E-state index in [0.717, 1.165) is 5.56 Å². The molecule has 0 unspecified atom stereocenters. The zero-order valence-electron chi connectivity index (χ0n) is 10.5. The molecule has 20 heavy (non-hydrogen) atoms. The zero-order valence-corrected chi connectivity index (χ0v) is 11.3. The molecule has 3 nitrogen and oxygen atoms in total. The second-order valence-electron chi connectivity index (χ2n) is 4.05. The van der Waals surface area contributed by atoms with Crippen LogP contribution >= 0.6 is 11.6 Å². The lowest BCUT2D eigenvalue weighted by atomic mass is 10.2. The molecule has 1 heterocycles. The fourth-order valence-electron chi connectivity index (χ4n) is 1.58. The molecule has 102 valence electrons. The highest BCUT2D eigenvalue weighted by molar-refractivity contribution is 6.32. The molecule has 0 bridgehead atoms. The summed E-state index contributed by atoms with van der Waals surface area (Å²) in [6.07, 6.45) is 5.93. The highest BCUT2D eigenvalue weighted by Gasteiger charge is 2.03. The van der Waals surface area contributed by atoms with Gasteiger partial charge in [0.2, 0.25) is 5.91 Å². The summed E-state index contributed by atoms with van der Waals surface area (Å²) < 4.78 is 13.5. The third kappa shape index (κ3) is 3.90. The van der Waals surface area contributed by atoms with Gasteiger partial charge in [-0.25, -0.2) is 4.39 Å². The van der Waals surface area contributed by atoms with Crippen molar-refractivity contribution >= 4 is 23.6 Å². The molecular weight excluding hydrogens is 279 g/mol. The number of rotatable bonds is 4. The van der Waals surface area contributed by atoms with E-state index in [2.05, 4.69) is 10.3 Å². The molecule has 0 aliphatic carbocycles. The fraction of sp³-hybridized carbons (Fsp3) is 0.0667. The fourth-order valence-corrected chi connectivity index (χ4v) is 1.81. The van der Waals surface area contributed by atoms with Gasteiger partial charge in [0.25, 0.3) is 0 Å². The molecule has 1 aromatic heterocycles. The van der Waals surface area contributed by atoms with Crippen molar-refractivity contribution in [1.29, 1.82) is 0 Å². The van der Waals surface area contributed by atoms with Gasteiger partial charge in [0.05, 0.1) is 5.02 Å². The highest BCUT2D eigenvalue weighted by atomic mass is 35.5. The molecular formula is C15H12ClFN2O. The third-order valence-electron chi connectivity index (χ3n) is 2.59. The first kappa shape index (κ1) is 14.2. The van der Waals surface area contributed by atoms with Crippen LogP contribution in [0.15, 0.2) is 48.8 Å². The Hall–Kier alpha value is -2.20. The first-order valence-corrected chi connectivity index (χ1v) is 6.33. The van der Waals surface area contributed by atoms with Crippen LogP contribution in [0, 0.1) is 5.82 Å². The zero-order chi connectivity index (χ0) is 14.4. The summed E-state index contributed by atoms with van der Waals surface area (Å²) in [6, 6.07) is 8.01. The van der Waals surface area contributed by atoms with Crippen molar-refractivity contribution in [3.05, 3.63) is 70.8 Å². The smallest absolute Gasteiger partial charge is 0.244 e. The molecule has 5 heteroatoms. The highest BCUT2D eigenvalue weighted by Crippen LogP contribution is 2.20. The molecule has 0 saturated carbocycles. The van der Waals surface area contributed by atoms with Crippen LogP contribution in [-0.4, -0.2) is 10.9 Å². The normalized spacial score (nSPS) is 10.7. The van der Waals surface area contributed by atoms with Crippen LogP contribution in [-0.2, 0) is 11.3 Å². The van der Waals surface area contributed by atoms with Gasteiger partial charge in [0.15, 0.2) is 0 Å². The maximum Gasteiger partial charge on any atom is 0.244 e. The molecule has 0 radical (unpaired) electrons. The number of halogens is 2. The second kappa shape index (κ2) is 6.82. The van der Waals surface area contributed by atoms with Gasteiger partial charge in [0.1, 0.15) is 5.82 Å². The van der Waals surface area contributed by atoms with Gasteiger partial charge in [0, 0.05) is 30.6 Å². The van der Waals surface area contributed by atoms with Crippen molar-refractivity contribution in [2.75, 3.05) is 0 Å². The molecule has 1 aromatic carbocycles. The average molecular weight is 291 g/mol. The Labute approximate surface area is 121 Å². The average Bonchev–Trinajstić information content (AvgIpc) is 2.46. The van der Waals surface area contributed by atoms with E-state index >= 15 is 0 Å². The van der Waals surface area contributed by atoms with E-state index in [1.165, 1.54) is 24.3 Å². The summed E-state index contributed by atoms with van der Waals surface area (Å²) in [7, 11) is 0. The first-order valence-electron chi connectivity index (χ1n) is 5.95. The predicted octanol–water partition coefficient (Wildman–Crippen LogP) is 3.20. The molecule has 0 aliphatic rings. The SMILES string of the molecule is O=C(C=Cc1c(F)cccc1Cl)NCc1cccnc1. The summed E-state index contributed by atoms with van der Waals surface area (Å²) in [6.45, 7) is 0.363. The van der Waals surface area contributed by atoms with E-state index in [1.54, 1.807) is 24.5 Å². The molecule has 0 fully saturated rings. The van der Waals surface area contributed by atoms with Crippen molar-refractivity contribution < 1.29 is 9.18 Å². The van der Waals surface area contributed by atoms with Gasteiger partial charge in [-0.05, 0) is 29.8 Å². The predicted molar refractivity (Wildman–Crippen MR) is 76.5 cm³/mol. The van der Waals surface area contributed by atoms with Crippen LogP contribution < -0.4 is 5.32 Å². The van der Waals surface area contributed by atoms with E-state index in [4.69, 9.17) is 11.6 Å².